The second-order valence-electron chi connectivity index (χ2n) is 4.76. The molecule has 0 bridgehead atoms. The van der Waals surface area contributed by atoms with Crippen molar-refractivity contribution in [1.29, 1.82) is 0 Å². The summed E-state index contributed by atoms with van der Waals surface area (Å²) in [7, 11) is 0. The number of hydrogen-bond acceptors (Lipinski definition) is 3. The van der Waals surface area contributed by atoms with Crippen LogP contribution in [0, 0.1) is 20.8 Å². The fourth-order valence-electron chi connectivity index (χ4n) is 2.10. The van der Waals surface area contributed by atoms with Crippen molar-refractivity contribution in [2.24, 2.45) is 5.73 Å². The summed E-state index contributed by atoms with van der Waals surface area (Å²) in [5.74, 6) is 0.774. The molecule has 1 aromatic carbocycles. The topological polar surface area (TPSA) is 48.1 Å². The van der Waals surface area contributed by atoms with E-state index in [4.69, 9.17) is 10.5 Å². The van der Waals surface area contributed by atoms with Crippen LogP contribution in [0.4, 0.5) is 0 Å². The van der Waals surface area contributed by atoms with Gasteiger partial charge in [-0.25, -0.2) is 0 Å². The molecular weight excluding hydrogens is 236 g/mol. The number of ether oxygens (including phenoxy) is 1. The van der Waals surface area contributed by atoms with Crippen LogP contribution in [0.1, 0.15) is 28.1 Å². The number of rotatable bonds is 4. The van der Waals surface area contributed by atoms with E-state index in [1.54, 1.807) is 0 Å². The van der Waals surface area contributed by atoms with E-state index in [0.717, 1.165) is 17.1 Å². The summed E-state index contributed by atoms with van der Waals surface area (Å²) in [5, 5.41) is 0. The number of hydrogen-bond donors (Lipinski definition) is 1. The summed E-state index contributed by atoms with van der Waals surface area (Å²) in [6.07, 6.45) is 0. The summed E-state index contributed by atoms with van der Waals surface area (Å²) >= 11 is 0. The van der Waals surface area contributed by atoms with Gasteiger partial charge in [0.25, 0.3) is 0 Å². The molecule has 0 amide bonds. The molecule has 0 fully saturated rings. The molecule has 0 aliphatic carbocycles. The highest BCUT2D eigenvalue weighted by molar-refractivity contribution is 5.34. The third kappa shape index (κ3) is 3.12. The van der Waals surface area contributed by atoms with Crippen LogP contribution in [-0.4, -0.2) is 4.98 Å². The Hall–Kier alpha value is -1.87. The Bertz CT molecular complexity index is 559. The summed E-state index contributed by atoms with van der Waals surface area (Å²) < 4.78 is 5.89. The molecule has 0 spiro atoms. The number of pyridine rings is 1. The van der Waals surface area contributed by atoms with Crippen LogP contribution < -0.4 is 10.5 Å². The van der Waals surface area contributed by atoms with Crippen LogP contribution >= 0.6 is 0 Å². The number of nitrogens with two attached hydrogens (primary N) is 1. The van der Waals surface area contributed by atoms with Crippen LogP contribution in [0.5, 0.6) is 5.75 Å². The highest BCUT2D eigenvalue weighted by Gasteiger charge is 2.07. The van der Waals surface area contributed by atoms with Crippen molar-refractivity contribution in [2.45, 2.75) is 33.9 Å². The molecule has 0 atom stereocenters. The van der Waals surface area contributed by atoms with E-state index < -0.39 is 0 Å². The lowest BCUT2D eigenvalue weighted by atomic mass is 10.0. The van der Waals surface area contributed by atoms with E-state index in [1.807, 2.05) is 19.1 Å². The maximum Gasteiger partial charge on any atom is 0.142 e. The molecule has 19 heavy (non-hydrogen) atoms. The van der Waals surface area contributed by atoms with Gasteiger partial charge in [-0.15, -0.1) is 0 Å². The summed E-state index contributed by atoms with van der Waals surface area (Å²) in [6.45, 7) is 7.10. The van der Waals surface area contributed by atoms with E-state index in [-0.39, 0.29) is 0 Å². The molecule has 0 unspecified atom stereocenters. The van der Waals surface area contributed by atoms with Gasteiger partial charge in [-0.05, 0) is 49.6 Å². The number of aromatic nitrogens is 1. The molecule has 3 nitrogen and oxygen atoms in total. The molecule has 1 heterocycles. The third-order valence-electron chi connectivity index (χ3n) is 3.28. The van der Waals surface area contributed by atoms with E-state index in [2.05, 4.69) is 37.0 Å². The first-order valence-electron chi connectivity index (χ1n) is 6.46. The zero-order chi connectivity index (χ0) is 13.8. The monoisotopic (exact) mass is 256 g/mol. The quantitative estimate of drug-likeness (QED) is 0.914. The maximum absolute atomic E-state index is 5.89. The highest BCUT2D eigenvalue weighted by Crippen LogP contribution is 2.20. The van der Waals surface area contributed by atoms with Crippen molar-refractivity contribution in [3.8, 4) is 5.75 Å². The fraction of sp³-hybridized carbons (Fsp3) is 0.312. The largest absolute Gasteiger partial charge is 0.487 e. The Morgan fingerprint density at radius 2 is 1.74 bits per heavy atom. The molecule has 3 heteroatoms. The zero-order valence-electron chi connectivity index (χ0n) is 11.7. The second kappa shape index (κ2) is 5.85. The smallest absolute Gasteiger partial charge is 0.142 e. The van der Waals surface area contributed by atoms with Crippen molar-refractivity contribution < 1.29 is 4.74 Å². The van der Waals surface area contributed by atoms with Gasteiger partial charge in [0, 0.05) is 12.2 Å². The molecule has 0 saturated carbocycles. The van der Waals surface area contributed by atoms with Gasteiger partial charge in [0.15, 0.2) is 0 Å². The lowest BCUT2D eigenvalue weighted by Crippen LogP contribution is -2.07. The Morgan fingerprint density at radius 1 is 1.05 bits per heavy atom. The standard InChI is InChI=1S/C16H20N2O/c1-11-5-4-6-12(2)14(11)10-19-16-8-7-13(3)18-15(16)9-17/h4-8H,9-10,17H2,1-3H3. The minimum atomic E-state index is 0.393. The van der Waals surface area contributed by atoms with E-state index >= 15 is 0 Å². The Morgan fingerprint density at radius 3 is 2.37 bits per heavy atom. The van der Waals surface area contributed by atoms with Crippen molar-refractivity contribution >= 4 is 0 Å². The van der Waals surface area contributed by atoms with Crippen LogP contribution in [0.2, 0.25) is 0 Å². The molecule has 2 rings (SSSR count). The first-order valence-corrected chi connectivity index (χ1v) is 6.46. The van der Waals surface area contributed by atoms with Crippen LogP contribution in [-0.2, 0) is 13.2 Å². The summed E-state index contributed by atoms with van der Waals surface area (Å²) in [4.78, 5) is 4.40. The highest BCUT2D eigenvalue weighted by atomic mass is 16.5. The van der Waals surface area contributed by atoms with Gasteiger partial charge in [-0.3, -0.25) is 4.98 Å². The van der Waals surface area contributed by atoms with E-state index in [0.29, 0.717) is 13.2 Å². The lowest BCUT2D eigenvalue weighted by Gasteiger charge is -2.13. The van der Waals surface area contributed by atoms with Crippen LogP contribution in [0.15, 0.2) is 30.3 Å². The van der Waals surface area contributed by atoms with Crippen LogP contribution in [0.3, 0.4) is 0 Å². The minimum absolute atomic E-state index is 0.393. The van der Waals surface area contributed by atoms with Gasteiger partial charge in [0.2, 0.25) is 0 Å². The van der Waals surface area contributed by atoms with Crippen LogP contribution in [0.25, 0.3) is 0 Å². The van der Waals surface area contributed by atoms with E-state index in [1.165, 1.54) is 16.7 Å². The average Bonchev–Trinajstić information content (AvgIpc) is 2.39. The molecule has 2 aromatic rings. The molecular formula is C16H20N2O. The molecule has 1 aromatic heterocycles. The first kappa shape index (κ1) is 13.6. The number of benzene rings is 1. The van der Waals surface area contributed by atoms with Crippen molar-refractivity contribution in [2.75, 3.05) is 0 Å². The minimum Gasteiger partial charge on any atom is -0.487 e. The number of aryl methyl sites for hydroxylation is 3. The fourth-order valence-corrected chi connectivity index (χ4v) is 2.10. The van der Waals surface area contributed by atoms with E-state index in [9.17, 15) is 0 Å². The molecule has 2 N–H and O–H groups in total. The first-order chi connectivity index (χ1) is 9.11. The Balaban J connectivity index is 2.19. The van der Waals surface area contributed by atoms with Gasteiger partial charge >= 0.3 is 0 Å². The predicted molar refractivity (Wildman–Crippen MR) is 77.1 cm³/mol. The predicted octanol–water partition coefficient (Wildman–Crippen LogP) is 3.04. The SMILES string of the molecule is Cc1ccc(OCc2c(C)cccc2C)c(CN)n1. The normalized spacial score (nSPS) is 10.5. The summed E-state index contributed by atoms with van der Waals surface area (Å²) in [5.41, 5.74) is 11.2. The third-order valence-corrected chi connectivity index (χ3v) is 3.28. The molecule has 0 aliphatic rings. The van der Waals surface area contributed by atoms with Gasteiger partial charge in [-0.2, -0.15) is 0 Å². The maximum atomic E-state index is 5.89. The van der Waals surface area contributed by atoms with Crippen molar-refractivity contribution in [1.82, 2.24) is 4.98 Å². The second-order valence-corrected chi connectivity index (χ2v) is 4.76. The van der Waals surface area contributed by atoms with Crippen molar-refractivity contribution in [3.63, 3.8) is 0 Å². The van der Waals surface area contributed by atoms with Gasteiger partial charge in [0.1, 0.15) is 12.4 Å². The van der Waals surface area contributed by atoms with Gasteiger partial charge in [0.05, 0.1) is 5.69 Å². The summed E-state index contributed by atoms with van der Waals surface area (Å²) in [6, 6.07) is 10.1. The average molecular weight is 256 g/mol. The molecule has 0 aliphatic heterocycles. The molecule has 0 saturated heterocycles. The van der Waals surface area contributed by atoms with Gasteiger partial charge < -0.3 is 10.5 Å². The van der Waals surface area contributed by atoms with Gasteiger partial charge in [-0.1, -0.05) is 18.2 Å². The lowest BCUT2D eigenvalue weighted by molar-refractivity contribution is 0.299. The zero-order valence-corrected chi connectivity index (χ0v) is 11.7. The Labute approximate surface area is 114 Å². The molecule has 100 valence electrons. The number of nitrogens with zero attached hydrogens (tertiary/aromatic N) is 1. The van der Waals surface area contributed by atoms with Crippen molar-refractivity contribution in [3.05, 3.63) is 58.4 Å². The molecule has 0 radical (unpaired) electrons. The Kier molecular flexibility index (Phi) is 4.17.